The van der Waals surface area contributed by atoms with Gasteiger partial charge in [-0.25, -0.2) is 4.98 Å². The lowest BCUT2D eigenvalue weighted by Gasteiger charge is -2.16. The van der Waals surface area contributed by atoms with Gasteiger partial charge in [0, 0.05) is 4.75 Å². The number of thioether (sulfide) groups is 1. The maximum Gasteiger partial charge on any atom is 0.316 e. The number of rotatable bonds is 4. The first-order chi connectivity index (χ1) is 8.94. The molecule has 0 amide bonds. The van der Waals surface area contributed by atoms with E-state index in [2.05, 4.69) is 25.8 Å². The zero-order chi connectivity index (χ0) is 13.9. The molecule has 0 unspecified atom stereocenters. The van der Waals surface area contributed by atoms with Gasteiger partial charge in [-0.2, -0.15) is 0 Å². The van der Waals surface area contributed by atoms with Crippen molar-refractivity contribution in [1.82, 2.24) is 4.98 Å². The van der Waals surface area contributed by atoms with Crippen LogP contribution in [0.4, 0.5) is 0 Å². The van der Waals surface area contributed by atoms with E-state index in [-0.39, 0.29) is 17.3 Å². The zero-order valence-electron chi connectivity index (χ0n) is 11.3. The van der Waals surface area contributed by atoms with Gasteiger partial charge in [0.05, 0.1) is 16.0 Å². The van der Waals surface area contributed by atoms with Crippen molar-refractivity contribution in [2.24, 2.45) is 0 Å². The average molecular weight is 295 g/mol. The topological polar surface area (TPSA) is 39.2 Å². The molecule has 0 N–H and O–H groups in total. The van der Waals surface area contributed by atoms with Crippen LogP contribution < -0.4 is 0 Å². The molecule has 2 aromatic rings. The second-order valence-electron chi connectivity index (χ2n) is 5.14. The second-order valence-corrected chi connectivity index (χ2v) is 8.05. The van der Waals surface area contributed by atoms with Crippen molar-refractivity contribution < 1.29 is 9.53 Å². The number of para-hydroxylation sites is 1. The lowest BCUT2D eigenvalue weighted by Crippen LogP contribution is -2.14. The van der Waals surface area contributed by atoms with Crippen molar-refractivity contribution >= 4 is 39.3 Å². The average Bonchev–Trinajstić information content (AvgIpc) is 2.75. The van der Waals surface area contributed by atoms with E-state index < -0.39 is 0 Å². The standard InChI is InChI=1S/C14H17NO2S2/c1-14(2,3)18-9-13(16)17-8-12-15-10-6-4-5-7-11(10)19-12/h4-7H,8-9H2,1-3H3. The maximum atomic E-state index is 11.6. The van der Waals surface area contributed by atoms with E-state index in [9.17, 15) is 4.79 Å². The Labute approximate surface area is 121 Å². The number of ether oxygens (including phenoxy) is 1. The number of benzene rings is 1. The molecule has 0 fully saturated rings. The summed E-state index contributed by atoms with van der Waals surface area (Å²) < 4.78 is 6.44. The molecule has 5 heteroatoms. The molecule has 19 heavy (non-hydrogen) atoms. The summed E-state index contributed by atoms with van der Waals surface area (Å²) in [6.45, 7) is 6.51. The Kier molecular flexibility index (Phi) is 4.47. The van der Waals surface area contributed by atoms with Crippen LogP contribution in [-0.4, -0.2) is 21.5 Å². The molecule has 0 bridgehead atoms. The number of fused-ring (bicyclic) bond motifs is 1. The predicted octanol–water partition coefficient (Wildman–Crippen LogP) is 3.87. The first-order valence-electron chi connectivity index (χ1n) is 6.08. The number of esters is 1. The van der Waals surface area contributed by atoms with E-state index in [1.807, 2.05) is 24.3 Å². The molecule has 0 aliphatic rings. The Morgan fingerprint density at radius 2 is 2.11 bits per heavy atom. The normalized spacial score (nSPS) is 11.7. The number of thiazole rings is 1. The number of hydrogen-bond acceptors (Lipinski definition) is 5. The second kappa shape index (κ2) is 5.92. The molecule has 0 saturated carbocycles. The van der Waals surface area contributed by atoms with E-state index in [4.69, 9.17) is 4.74 Å². The first kappa shape index (κ1) is 14.3. The Bertz CT molecular complexity index is 539. The Balaban J connectivity index is 1.86. The van der Waals surface area contributed by atoms with Gasteiger partial charge < -0.3 is 4.74 Å². The molecule has 2 rings (SSSR count). The highest BCUT2D eigenvalue weighted by molar-refractivity contribution is 8.01. The van der Waals surface area contributed by atoms with Crippen LogP contribution in [-0.2, 0) is 16.1 Å². The van der Waals surface area contributed by atoms with Crippen LogP contribution in [0.25, 0.3) is 10.2 Å². The molecule has 1 aromatic carbocycles. The van der Waals surface area contributed by atoms with Crippen molar-refractivity contribution in [3.8, 4) is 0 Å². The molecule has 0 atom stereocenters. The van der Waals surface area contributed by atoms with Crippen molar-refractivity contribution in [3.63, 3.8) is 0 Å². The summed E-state index contributed by atoms with van der Waals surface area (Å²) in [7, 11) is 0. The van der Waals surface area contributed by atoms with Gasteiger partial charge in [0.1, 0.15) is 11.6 Å². The van der Waals surface area contributed by atoms with Gasteiger partial charge >= 0.3 is 5.97 Å². The molecular weight excluding hydrogens is 278 g/mol. The number of aromatic nitrogens is 1. The van der Waals surface area contributed by atoms with Crippen LogP contribution in [0.1, 0.15) is 25.8 Å². The molecule has 1 heterocycles. The fourth-order valence-corrected chi connectivity index (χ4v) is 2.96. The SMILES string of the molecule is CC(C)(C)SCC(=O)OCc1nc2ccccc2s1. The Hall–Kier alpha value is -1.07. The smallest absolute Gasteiger partial charge is 0.316 e. The number of carbonyl (C=O) groups is 1. The van der Waals surface area contributed by atoms with Crippen molar-refractivity contribution in [3.05, 3.63) is 29.3 Å². The Morgan fingerprint density at radius 3 is 2.79 bits per heavy atom. The zero-order valence-corrected chi connectivity index (χ0v) is 12.9. The lowest BCUT2D eigenvalue weighted by molar-refractivity contribution is -0.141. The molecule has 3 nitrogen and oxygen atoms in total. The van der Waals surface area contributed by atoms with Crippen LogP contribution in [0.15, 0.2) is 24.3 Å². The van der Waals surface area contributed by atoms with Crippen LogP contribution in [0.2, 0.25) is 0 Å². The molecule has 102 valence electrons. The summed E-state index contributed by atoms with van der Waals surface area (Å²) >= 11 is 3.16. The highest BCUT2D eigenvalue weighted by Gasteiger charge is 2.14. The summed E-state index contributed by atoms with van der Waals surface area (Å²) in [6, 6.07) is 7.93. The third-order valence-corrected chi connectivity index (χ3v) is 4.57. The summed E-state index contributed by atoms with van der Waals surface area (Å²) in [5, 5.41) is 0.843. The highest BCUT2D eigenvalue weighted by Crippen LogP contribution is 2.24. The first-order valence-corrected chi connectivity index (χ1v) is 7.88. The van der Waals surface area contributed by atoms with Crippen molar-refractivity contribution in [2.75, 3.05) is 5.75 Å². The van der Waals surface area contributed by atoms with Crippen molar-refractivity contribution in [2.45, 2.75) is 32.1 Å². The third kappa shape index (κ3) is 4.51. The van der Waals surface area contributed by atoms with Gasteiger partial charge in [-0.05, 0) is 12.1 Å². The molecule has 0 aliphatic heterocycles. The van der Waals surface area contributed by atoms with Gasteiger partial charge in [0.15, 0.2) is 0 Å². The van der Waals surface area contributed by atoms with Gasteiger partial charge in [-0.15, -0.1) is 23.1 Å². The molecular formula is C14H17NO2S2. The maximum absolute atomic E-state index is 11.6. The number of hydrogen-bond donors (Lipinski definition) is 0. The van der Waals surface area contributed by atoms with E-state index in [1.165, 1.54) is 0 Å². The predicted molar refractivity (Wildman–Crippen MR) is 81.6 cm³/mol. The van der Waals surface area contributed by atoms with Crippen LogP contribution >= 0.6 is 23.1 Å². The molecule has 0 radical (unpaired) electrons. The molecule has 0 saturated heterocycles. The van der Waals surface area contributed by atoms with Crippen molar-refractivity contribution in [1.29, 1.82) is 0 Å². The van der Waals surface area contributed by atoms with E-state index in [0.717, 1.165) is 15.2 Å². The summed E-state index contributed by atoms with van der Waals surface area (Å²) in [5.74, 6) is 0.202. The molecule has 0 aliphatic carbocycles. The van der Waals surface area contributed by atoms with Crippen LogP contribution in [0.3, 0.4) is 0 Å². The Morgan fingerprint density at radius 1 is 1.37 bits per heavy atom. The molecule has 1 aromatic heterocycles. The van der Waals surface area contributed by atoms with Gasteiger partial charge in [0.2, 0.25) is 0 Å². The summed E-state index contributed by atoms with van der Waals surface area (Å²) in [6.07, 6.45) is 0. The van der Waals surface area contributed by atoms with Crippen LogP contribution in [0, 0.1) is 0 Å². The van der Waals surface area contributed by atoms with E-state index in [1.54, 1.807) is 23.1 Å². The minimum Gasteiger partial charge on any atom is -0.458 e. The number of nitrogens with zero attached hydrogens (tertiary/aromatic N) is 1. The highest BCUT2D eigenvalue weighted by atomic mass is 32.2. The minimum absolute atomic E-state index is 0.0783. The summed E-state index contributed by atoms with van der Waals surface area (Å²) in [5.41, 5.74) is 0.961. The monoisotopic (exact) mass is 295 g/mol. The van der Waals surface area contributed by atoms with Gasteiger partial charge in [-0.1, -0.05) is 32.9 Å². The lowest BCUT2D eigenvalue weighted by atomic mass is 10.3. The van der Waals surface area contributed by atoms with E-state index in [0.29, 0.717) is 5.75 Å². The third-order valence-electron chi connectivity index (χ3n) is 2.32. The quantitative estimate of drug-likeness (QED) is 0.803. The molecule has 0 spiro atoms. The minimum atomic E-state index is -0.181. The largest absolute Gasteiger partial charge is 0.458 e. The fourth-order valence-electron chi connectivity index (χ4n) is 1.44. The summed E-state index contributed by atoms with van der Waals surface area (Å²) in [4.78, 5) is 16.0. The van der Waals surface area contributed by atoms with Gasteiger partial charge in [0.25, 0.3) is 0 Å². The fraction of sp³-hybridized carbons (Fsp3) is 0.429. The van der Waals surface area contributed by atoms with E-state index >= 15 is 0 Å². The number of carbonyl (C=O) groups excluding carboxylic acids is 1. The van der Waals surface area contributed by atoms with Crippen LogP contribution in [0.5, 0.6) is 0 Å². The van der Waals surface area contributed by atoms with Gasteiger partial charge in [-0.3, -0.25) is 4.79 Å².